The second-order valence-electron chi connectivity index (χ2n) is 9.13. The number of carbonyl (C=O) groups excluding carboxylic acids is 2. The Balaban J connectivity index is 1.43. The van der Waals surface area contributed by atoms with E-state index in [4.69, 9.17) is 4.74 Å². The predicted octanol–water partition coefficient (Wildman–Crippen LogP) is 2.97. The molecule has 2 N–H and O–H groups in total. The molecule has 0 atom stereocenters. The molecule has 2 aromatic rings. The third-order valence-corrected chi connectivity index (χ3v) is 8.06. The number of hydrogen-bond acceptors (Lipinski definition) is 5. The molecule has 1 aliphatic heterocycles. The van der Waals surface area contributed by atoms with E-state index in [0.717, 1.165) is 55.4 Å². The Labute approximate surface area is 200 Å². The molecule has 2 amide bonds. The van der Waals surface area contributed by atoms with Crippen LogP contribution in [-0.2, 0) is 31.4 Å². The molecule has 2 aromatic carbocycles. The van der Waals surface area contributed by atoms with Gasteiger partial charge >= 0.3 is 11.8 Å². The molecule has 1 heterocycles. The van der Waals surface area contributed by atoms with Crippen LogP contribution in [0.4, 0.5) is 11.4 Å². The van der Waals surface area contributed by atoms with Crippen LogP contribution in [0.1, 0.15) is 43.2 Å². The Hall–Kier alpha value is -3.07. The third kappa shape index (κ3) is 5.04. The van der Waals surface area contributed by atoms with Crippen molar-refractivity contribution in [1.29, 1.82) is 0 Å². The van der Waals surface area contributed by atoms with Gasteiger partial charge in [-0.3, -0.25) is 13.9 Å². The quantitative estimate of drug-likeness (QED) is 0.612. The number of aryl methyl sites for hydroxylation is 1. The maximum absolute atomic E-state index is 12.6. The van der Waals surface area contributed by atoms with Crippen LogP contribution in [0.2, 0.25) is 0 Å². The van der Waals surface area contributed by atoms with E-state index >= 15 is 0 Å². The number of benzene rings is 2. The van der Waals surface area contributed by atoms with Crippen molar-refractivity contribution in [2.24, 2.45) is 0 Å². The molecule has 0 spiro atoms. The fourth-order valence-electron chi connectivity index (χ4n) is 5.04. The number of carbonyl (C=O) groups is 2. The van der Waals surface area contributed by atoms with E-state index in [2.05, 4.69) is 10.6 Å². The highest BCUT2D eigenvalue weighted by Gasteiger charge is 2.36. The molecule has 0 aromatic heterocycles. The number of methoxy groups -OCH3 is 1. The summed E-state index contributed by atoms with van der Waals surface area (Å²) in [5.41, 5.74) is 2.77. The number of nitrogens with one attached hydrogen (secondary N) is 2. The summed E-state index contributed by atoms with van der Waals surface area (Å²) in [4.78, 5) is 25.3. The molecule has 1 saturated carbocycles. The van der Waals surface area contributed by atoms with Gasteiger partial charge in [-0.25, -0.2) is 8.42 Å². The van der Waals surface area contributed by atoms with Gasteiger partial charge < -0.3 is 15.4 Å². The summed E-state index contributed by atoms with van der Waals surface area (Å²) in [5.74, 6) is -0.707. The first-order valence-corrected chi connectivity index (χ1v) is 13.4. The smallest absolute Gasteiger partial charge is 0.313 e. The first kappa shape index (κ1) is 24.1. The maximum atomic E-state index is 12.6. The summed E-state index contributed by atoms with van der Waals surface area (Å²) < 4.78 is 30.9. The Kier molecular flexibility index (Phi) is 6.84. The molecule has 0 unspecified atom stereocenters. The minimum atomic E-state index is -3.42. The van der Waals surface area contributed by atoms with Gasteiger partial charge in [0.1, 0.15) is 5.75 Å². The van der Waals surface area contributed by atoms with Gasteiger partial charge in [0.25, 0.3) is 0 Å². The number of amides is 2. The lowest BCUT2D eigenvalue weighted by molar-refractivity contribution is -0.136. The summed E-state index contributed by atoms with van der Waals surface area (Å²) in [6, 6.07) is 13.0. The zero-order valence-corrected chi connectivity index (χ0v) is 20.4. The maximum Gasteiger partial charge on any atom is 0.313 e. The lowest BCUT2D eigenvalue weighted by atomic mass is 9.78. The van der Waals surface area contributed by atoms with Crippen molar-refractivity contribution < 1.29 is 22.7 Å². The molecule has 34 heavy (non-hydrogen) atoms. The molecule has 0 saturated heterocycles. The molecular weight excluding hydrogens is 454 g/mol. The largest absolute Gasteiger partial charge is 0.497 e. The highest BCUT2D eigenvalue weighted by atomic mass is 32.2. The molecule has 0 bridgehead atoms. The fourth-order valence-corrected chi connectivity index (χ4v) is 6.03. The zero-order chi connectivity index (χ0) is 24.3. The summed E-state index contributed by atoms with van der Waals surface area (Å²) in [5, 5.41) is 5.44. The summed E-state index contributed by atoms with van der Waals surface area (Å²) >= 11 is 0. The molecule has 1 aliphatic carbocycles. The minimum absolute atomic E-state index is 0.204. The van der Waals surface area contributed by atoms with Crippen LogP contribution in [0, 0.1) is 0 Å². The van der Waals surface area contributed by atoms with Crippen molar-refractivity contribution in [3.05, 3.63) is 53.6 Å². The van der Waals surface area contributed by atoms with Gasteiger partial charge in [-0.1, -0.05) is 31.0 Å². The van der Waals surface area contributed by atoms with Gasteiger partial charge in [-0.15, -0.1) is 0 Å². The van der Waals surface area contributed by atoms with Gasteiger partial charge in [0.05, 0.1) is 19.1 Å². The average molecular weight is 486 g/mol. The number of anilines is 2. The SMILES string of the molecule is COc1ccc(C2(CNC(=O)C(=O)Nc3ccc4c(c3)N(S(C)(=O)=O)CCC4)CCCC2)cc1. The molecule has 8 nitrogen and oxygen atoms in total. The van der Waals surface area contributed by atoms with Crippen LogP contribution in [0.15, 0.2) is 42.5 Å². The Bertz CT molecular complexity index is 1170. The first-order chi connectivity index (χ1) is 16.2. The molecule has 4 rings (SSSR count). The normalized spacial score (nSPS) is 17.1. The van der Waals surface area contributed by atoms with E-state index < -0.39 is 21.8 Å². The Morgan fingerprint density at radius 2 is 1.74 bits per heavy atom. The van der Waals surface area contributed by atoms with Crippen LogP contribution in [0.5, 0.6) is 5.75 Å². The van der Waals surface area contributed by atoms with Crippen LogP contribution in [-0.4, -0.2) is 46.7 Å². The van der Waals surface area contributed by atoms with Crippen LogP contribution in [0.3, 0.4) is 0 Å². The first-order valence-electron chi connectivity index (χ1n) is 11.6. The molecule has 0 radical (unpaired) electrons. The van der Waals surface area contributed by atoms with Crippen molar-refractivity contribution in [3.63, 3.8) is 0 Å². The van der Waals surface area contributed by atoms with Gasteiger partial charge in [-0.05, 0) is 61.1 Å². The number of rotatable bonds is 6. The van der Waals surface area contributed by atoms with Crippen molar-refractivity contribution >= 4 is 33.2 Å². The topological polar surface area (TPSA) is 105 Å². The second kappa shape index (κ2) is 9.66. The lowest BCUT2D eigenvalue weighted by Gasteiger charge is -2.30. The van der Waals surface area contributed by atoms with Crippen LogP contribution in [0.25, 0.3) is 0 Å². The van der Waals surface area contributed by atoms with E-state index in [-0.39, 0.29) is 5.41 Å². The van der Waals surface area contributed by atoms with Gasteiger partial charge in [0.2, 0.25) is 10.0 Å². The lowest BCUT2D eigenvalue weighted by Crippen LogP contribution is -2.43. The Morgan fingerprint density at radius 1 is 1.03 bits per heavy atom. The number of ether oxygens (including phenoxy) is 1. The van der Waals surface area contributed by atoms with Gasteiger partial charge in [-0.2, -0.15) is 0 Å². The van der Waals surface area contributed by atoms with E-state index in [9.17, 15) is 18.0 Å². The van der Waals surface area contributed by atoms with E-state index in [0.29, 0.717) is 24.5 Å². The molecule has 9 heteroatoms. The standard InChI is InChI=1S/C25H31N3O5S/c1-33-21-11-8-19(9-12-21)25(13-3-4-14-25)17-26-23(29)24(30)27-20-10-7-18-6-5-15-28(22(18)16-20)34(2,31)32/h7-12,16H,3-6,13-15,17H2,1-2H3,(H,26,29)(H,27,30). The Morgan fingerprint density at radius 3 is 2.38 bits per heavy atom. The third-order valence-electron chi connectivity index (χ3n) is 6.88. The number of fused-ring (bicyclic) bond motifs is 1. The second-order valence-corrected chi connectivity index (χ2v) is 11.0. The van der Waals surface area contributed by atoms with E-state index in [1.54, 1.807) is 25.3 Å². The summed E-state index contributed by atoms with van der Waals surface area (Å²) in [7, 11) is -1.80. The zero-order valence-electron chi connectivity index (χ0n) is 19.6. The summed E-state index contributed by atoms with van der Waals surface area (Å²) in [6.07, 6.45) is 6.69. The van der Waals surface area contributed by atoms with Gasteiger partial charge in [0.15, 0.2) is 0 Å². The molecular formula is C25H31N3O5S. The molecule has 182 valence electrons. The van der Waals surface area contributed by atoms with Crippen LogP contribution >= 0.6 is 0 Å². The average Bonchev–Trinajstić information content (AvgIpc) is 3.31. The highest BCUT2D eigenvalue weighted by Crippen LogP contribution is 2.41. The van der Waals surface area contributed by atoms with E-state index in [1.165, 1.54) is 10.6 Å². The van der Waals surface area contributed by atoms with Crippen molar-refractivity contribution in [3.8, 4) is 5.75 Å². The number of sulfonamides is 1. The predicted molar refractivity (Wildman–Crippen MR) is 132 cm³/mol. The highest BCUT2D eigenvalue weighted by molar-refractivity contribution is 7.92. The van der Waals surface area contributed by atoms with Crippen molar-refractivity contribution in [2.45, 2.75) is 43.9 Å². The van der Waals surface area contributed by atoms with Crippen molar-refractivity contribution in [2.75, 3.05) is 36.1 Å². The minimum Gasteiger partial charge on any atom is -0.497 e. The number of hydrogen-bond donors (Lipinski definition) is 2. The summed E-state index contributed by atoms with van der Waals surface area (Å²) in [6.45, 7) is 0.773. The monoisotopic (exact) mass is 485 g/mol. The van der Waals surface area contributed by atoms with Crippen LogP contribution < -0.4 is 19.7 Å². The fraction of sp³-hybridized carbons (Fsp3) is 0.440. The number of nitrogens with zero attached hydrogens (tertiary/aromatic N) is 1. The molecule has 2 aliphatic rings. The van der Waals surface area contributed by atoms with E-state index in [1.807, 2.05) is 24.3 Å². The van der Waals surface area contributed by atoms with Crippen molar-refractivity contribution in [1.82, 2.24) is 5.32 Å². The van der Waals surface area contributed by atoms with Gasteiger partial charge in [0, 0.05) is 24.2 Å². The molecule has 1 fully saturated rings.